The van der Waals surface area contributed by atoms with Gasteiger partial charge in [0.15, 0.2) is 5.75 Å². The van der Waals surface area contributed by atoms with Crippen molar-refractivity contribution in [2.24, 2.45) is 0 Å². The molecule has 0 aliphatic carbocycles. The van der Waals surface area contributed by atoms with Crippen LogP contribution in [0.4, 0.5) is 11.4 Å². The molecule has 0 aromatic heterocycles. The fourth-order valence-electron chi connectivity index (χ4n) is 1.06. The Kier molecular flexibility index (Phi) is 2.43. The highest BCUT2D eigenvalue weighted by atomic mass is 16.6. The quantitative estimate of drug-likeness (QED) is 0.432. The lowest BCUT2D eigenvalue weighted by Gasteiger charge is -2.03. The Morgan fingerprint density at radius 1 is 1.07 bits per heavy atom. The van der Waals surface area contributed by atoms with Crippen molar-refractivity contribution in [1.29, 1.82) is 0 Å². The molecule has 0 amide bonds. The number of rotatable bonds is 2. The van der Waals surface area contributed by atoms with Crippen molar-refractivity contribution in [3.05, 3.63) is 31.9 Å². The number of hydrogen-bond acceptors (Lipinski definition) is 6. The van der Waals surface area contributed by atoms with Crippen molar-refractivity contribution in [1.82, 2.24) is 0 Å². The molecule has 0 aliphatic heterocycles. The number of nitro groups is 2. The highest BCUT2D eigenvalue weighted by Gasteiger charge is 2.27. The third-order valence-corrected chi connectivity index (χ3v) is 1.87. The molecule has 15 heavy (non-hydrogen) atoms. The number of phenols is 2. The number of benzene rings is 1. The van der Waals surface area contributed by atoms with Crippen LogP contribution in [0, 0.1) is 27.2 Å². The van der Waals surface area contributed by atoms with Crippen molar-refractivity contribution in [2.45, 2.75) is 6.92 Å². The van der Waals surface area contributed by atoms with Gasteiger partial charge in [0, 0.05) is 0 Å². The van der Waals surface area contributed by atoms with Crippen molar-refractivity contribution < 1.29 is 20.1 Å². The third-order valence-electron chi connectivity index (χ3n) is 1.87. The number of aromatic hydroxyl groups is 2. The van der Waals surface area contributed by atoms with Crippen LogP contribution in [0.25, 0.3) is 0 Å². The van der Waals surface area contributed by atoms with Gasteiger partial charge in [-0.2, -0.15) is 0 Å². The summed E-state index contributed by atoms with van der Waals surface area (Å²) in [7, 11) is 0. The normalized spacial score (nSPS) is 9.93. The summed E-state index contributed by atoms with van der Waals surface area (Å²) >= 11 is 0. The van der Waals surface area contributed by atoms with Crippen LogP contribution in [-0.2, 0) is 0 Å². The minimum atomic E-state index is -1.01. The zero-order valence-electron chi connectivity index (χ0n) is 7.50. The monoisotopic (exact) mass is 214 g/mol. The zero-order chi connectivity index (χ0) is 11.7. The second kappa shape index (κ2) is 3.40. The summed E-state index contributed by atoms with van der Waals surface area (Å²) < 4.78 is 0. The summed E-state index contributed by atoms with van der Waals surface area (Å²) in [5.41, 5.74) is -1.73. The van der Waals surface area contributed by atoms with Gasteiger partial charge in [-0.15, -0.1) is 0 Å². The minimum absolute atomic E-state index is 0.219. The third kappa shape index (κ3) is 1.64. The van der Waals surface area contributed by atoms with Gasteiger partial charge in [-0.1, -0.05) is 0 Å². The first-order chi connectivity index (χ1) is 6.86. The Labute approximate surface area is 82.7 Å². The van der Waals surface area contributed by atoms with Crippen molar-refractivity contribution in [2.75, 3.05) is 0 Å². The summed E-state index contributed by atoms with van der Waals surface area (Å²) in [6, 6.07) is 0.602. The molecule has 80 valence electrons. The van der Waals surface area contributed by atoms with Gasteiger partial charge < -0.3 is 10.2 Å². The lowest BCUT2D eigenvalue weighted by molar-refractivity contribution is -0.395. The van der Waals surface area contributed by atoms with E-state index in [0.717, 1.165) is 0 Å². The second-order valence-corrected chi connectivity index (χ2v) is 2.75. The Bertz CT molecular complexity index is 417. The zero-order valence-corrected chi connectivity index (χ0v) is 7.50. The van der Waals surface area contributed by atoms with Gasteiger partial charge in [0.1, 0.15) is 0 Å². The molecule has 1 aromatic rings. The molecule has 0 radical (unpaired) electrons. The summed E-state index contributed by atoms with van der Waals surface area (Å²) in [6.07, 6.45) is 0. The van der Waals surface area contributed by atoms with Crippen molar-refractivity contribution in [3.63, 3.8) is 0 Å². The second-order valence-electron chi connectivity index (χ2n) is 2.75. The molecule has 8 heteroatoms. The molecule has 1 rings (SSSR count). The average molecular weight is 214 g/mol. The summed E-state index contributed by atoms with van der Waals surface area (Å²) in [6.45, 7) is 1.18. The predicted molar refractivity (Wildman–Crippen MR) is 47.8 cm³/mol. The molecule has 1 aromatic carbocycles. The van der Waals surface area contributed by atoms with E-state index in [1.54, 1.807) is 0 Å². The topological polar surface area (TPSA) is 127 Å². The average Bonchev–Trinajstić information content (AvgIpc) is 2.13. The molecule has 0 unspecified atom stereocenters. The SMILES string of the molecule is Cc1c([N+](=O)[O-])cc([N+](=O)[O-])c(O)c1O. The fraction of sp³-hybridized carbons (Fsp3) is 0.143. The molecule has 0 atom stereocenters. The lowest BCUT2D eigenvalue weighted by Crippen LogP contribution is -1.96. The van der Waals surface area contributed by atoms with E-state index in [1.807, 2.05) is 0 Å². The van der Waals surface area contributed by atoms with Crippen LogP contribution in [0.5, 0.6) is 11.5 Å². The van der Waals surface area contributed by atoms with E-state index >= 15 is 0 Å². The largest absolute Gasteiger partial charge is 0.504 e. The van der Waals surface area contributed by atoms with E-state index in [-0.39, 0.29) is 5.56 Å². The first kappa shape index (κ1) is 10.7. The van der Waals surface area contributed by atoms with E-state index in [9.17, 15) is 25.3 Å². The Morgan fingerprint density at radius 2 is 1.53 bits per heavy atom. The van der Waals surface area contributed by atoms with Crippen LogP contribution in [-0.4, -0.2) is 20.1 Å². The van der Waals surface area contributed by atoms with Gasteiger partial charge in [-0.3, -0.25) is 20.2 Å². The maximum Gasteiger partial charge on any atom is 0.321 e. The number of nitrogens with zero attached hydrogens (tertiary/aromatic N) is 2. The molecule has 2 N–H and O–H groups in total. The molecule has 8 nitrogen and oxygen atoms in total. The standard InChI is InChI=1S/C7H6N2O6/c1-3-4(8(12)13)2-5(9(14)15)7(11)6(3)10/h2,10-11H,1H3. The molecule has 0 aliphatic rings. The minimum Gasteiger partial charge on any atom is -0.504 e. The highest BCUT2D eigenvalue weighted by molar-refractivity contribution is 5.65. The predicted octanol–water partition coefficient (Wildman–Crippen LogP) is 1.22. The van der Waals surface area contributed by atoms with Crippen LogP contribution < -0.4 is 0 Å². The van der Waals surface area contributed by atoms with E-state index < -0.39 is 32.7 Å². The smallest absolute Gasteiger partial charge is 0.321 e. The van der Waals surface area contributed by atoms with Crippen LogP contribution in [0.1, 0.15) is 5.56 Å². The molecular formula is C7H6N2O6. The first-order valence-electron chi connectivity index (χ1n) is 3.70. The highest BCUT2D eigenvalue weighted by Crippen LogP contribution is 2.42. The van der Waals surface area contributed by atoms with Gasteiger partial charge in [-0.05, 0) is 6.92 Å². The van der Waals surface area contributed by atoms with Crippen LogP contribution in [0.3, 0.4) is 0 Å². The van der Waals surface area contributed by atoms with Crippen molar-refractivity contribution >= 4 is 11.4 Å². The molecule has 0 bridgehead atoms. The fourth-order valence-corrected chi connectivity index (χ4v) is 1.06. The van der Waals surface area contributed by atoms with E-state index in [0.29, 0.717) is 6.07 Å². The van der Waals surface area contributed by atoms with Gasteiger partial charge in [0.05, 0.1) is 21.5 Å². The van der Waals surface area contributed by atoms with Crippen LogP contribution in [0.15, 0.2) is 6.07 Å². The van der Waals surface area contributed by atoms with Crippen LogP contribution in [0.2, 0.25) is 0 Å². The maximum atomic E-state index is 10.5. The molecule has 0 heterocycles. The number of phenolic OH excluding ortho intramolecular Hbond substituents is 2. The van der Waals surface area contributed by atoms with Crippen molar-refractivity contribution in [3.8, 4) is 11.5 Å². The van der Waals surface area contributed by atoms with Crippen LogP contribution >= 0.6 is 0 Å². The Hall–Kier alpha value is -2.38. The maximum absolute atomic E-state index is 10.5. The summed E-state index contributed by atoms with van der Waals surface area (Å²) in [5, 5.41) is 39.2. The molecular weight excluding hydrogens is 208 g/mol. The van der Waals surface area contributed by atoms with E-state index in [4.69, 9.17) is 5.11 Å². The molecule has 0 fully saturated rings. The molecule has 0 spiro atoms. The van der Waals surface area contributed by atoms with Gasteiger partial charge in [0.25, 0.3) is 5.69 Å². The number of nitro benzene ring substituents is 2. The van der Waals surface area contributed by atoms with E-state index in [1.165, 1.54) is 6.92 Å². The Morgan fingerprint density at radius 3 is 1.93 bits per heavy atom. The van der Waals surface area contributed by atoms with Gasteiger partial charge in [0.2, 0.25) is 5.75 Å². The summed E-state index contributed by atoms with van der Waals surface area (Å²) in [4.78, 5) is 18.9. The summed E-state index contributed by atoms with van der Waals surface area (Å²) in [5.74, 6) is -1.82. The van der Waals surface area contributed by atoms with Gasteiger partial charge >= 0.3 is 5.69 Å². The number of hydrogen-bond donors (Lipinski definition) is 2. The molecule has 0 saturated heterocycles. The Balaban J connectivity index is 3.59. The molecule has 0 saturated carbocycles. The lowest BCUT2D eigenvalue weighted by atomic mass is 10.1. The van der Waals surface area contributed by atoms with E-state index in [2.05, 4.69) is 0 Å². The van der Waals surface area contributed by atoms with Gasteiger partial charge in [-0.25, -0.2) is 0 Å². The first-order valence-corrected chi connectivity index (χ1v) is 3.70.